The topological polar surface area (TPSA) is 34.1 Å². The van der Waals surface area contributed by atoms with E-state index >= 15 is 0 Å². The van der Waals surface area contributed by atoms with Gasteiger partial charge in [-0.15, -0.1) is 11.3 Å². The molecule has 1 aromatic heterocycles. The Morgan fingerprint density at radius 1 is 1.07 bits per heavy atom. The minimum Gasteiger partial charge on any atom is -0.493 e. The maximum absolute atomic E-state index is 6.46. The fraction of sp³-hybridized carbons (Fsp3) is 0.261. The maximum atomic E-state index is 6.46. The fourth-order valence-electron chi connectivity index (χ4n) is 3.86. The number of hydrazone groups is 1. The van der Waals surface area contributed by atoms with Crippen molar-refractivity contribution in [2.45, 2.75) is 32.0 Å². The van der Waals surface area contributed by atoms with Gasteiger partial charge in [-0.05, 0) is 36.1 Å². The summed E-state index contributed by atoms with van der Waals surface area (Å²) in [6.07, 6.45) is 1.55. The Bertz CT molecular complexity index is 999. The lowest BCUT2D eigenvalue weighted by molar-refractivity contribution is -0.0206. The zero-order valence-corrected chi connectivity index (χ0v) is 16.6. The largest absolute Gasteiger partial charge is 0.493 e. The second kappa shape index (κ2) is 7.32. The molecule has 0 fully saturated rings. The van der Waals surface area contributed by atoms with Gasteiger partial charge in [-0.3, -0.25) is 0 Å². The highest BCUT2D eigenvalue weighted by Gasteiger charge is 2.41. The van der Waals surface area contributed by atoms with E-state index in [9.17, 15) is 0 Å². The number of ether oxygens (including phenoxy) is 2. The van der Waals surface area contributed by atoms with Crippen LogP contribution in [0.3, 0.4) is 0 Å². The van der Waals surface area contributed by atoms with Crippen LogP contribution in [0, 0.1) is 0 Å². The Kier molecular flexibility index (Phi) is 4.53. The molecule has 2 aromatic carbocycles. The van der Waals surface area contributed by atoms with E-state index in [1.807, 2.05) is 24.3 Å². The van der Waals surface area contributed by atoms with E-state index in [-0.39, 0.29) is 12.3 Å². The average Bonchev–Trinajstić information content (AvgIpc) is 3.42. The zero-order valence-electron chi connectivity index (χ0n) is 15.7. The number of hydrogen-bond acceptors (Lipinski definition) is 5. The first-order chi connectivity index (χ1) is 13.8. The van der Waals surface area contributed by atoms with Crippen LogP contribution in [0.2, 0.25) is 0 Å². The SMILES string of the molecule is CCCOc1ccccc1[C@@H]1Oc2ccccc2[C@@H]2CC(c3cccs3)=NN21. The highest BCUT2D eigenvalue weighted by molar-refractivity contribution is 7.12. The van der Waals surface area contributed by atoms with Gasteiger partial charge in [0.2, 0.25) is 6.23 Å². The van der Waals surface area contributed by atoms with Crippen molar-refractivity contribution >= 4 is 17.0 Å². The summed E-state index contributed by atoms with van der Waals surface area (Å²) in [5, 5.41) is 9.23. The van der Waals surface area contributed by atoms with E-state index in [2.05, 4.69) is 53.7 Å². The van der Waals surface area contributed by atoms with Gasteiger partial charge in [0.15, 0.2) is 0 Å². The van der Waals surface area contributed by atoms with Crippen LogP contribution < -0.4 is 9.47 Å². The molecule has 0 saturated carbocycles. The van der Waals surface area contributed by atoms with Crippen LogP contribution in [0.1, 0.15) is 48.0 Å². The fourth-order valence-corrected chi connectivity index (χ4v) is 4.58. The average molecular weight is 391 g/mol. The van der Waals surface area contributed by atoms with Crippen molar-refractivity contribution in [2.75, 3.05) is 6.61 Å². The van der Waals surface area contributed by atoms with Gasteiger partial charge in [0.1, 0.15) is 11.5 Å². The molecular formula is C23H22N2O2S. The molecule has 0 bridgehead atoms. The van der Waals surface area contributed by atoms with Crippen LogP contribution >= 0.6 is 11.3 Å². The van der Waals surface area contributed by atoms with E-state index in [0.717, 1.165) is 35.6 Å². The normalized spacial score (nSPS) is 20.2. The molecule has 142 valence electrons. The molecule has 0 saturated heterocycles. The molecule has 5 rings (SSSR count). The van der Waals surface area contributed by atoms with E-state index in [1.54, 1.807) is 11.3 Å². The molecule has 2 aliphatic rings. The van der Waals surface area contributed by atoms with Crippen molar-refractivity contribution in [1.82, 2.24) is 5.01 Å². The third-order valence-corrected chi connectivity index (χ3v) is 6.07. The quantitative estimate of drug-likeness (QED) is 0.554. The number of thiophene rings is 1. The second-order valence-corrected chi connectivity index (χ2v) is 7.97. The third kappa shape index (κ3) is 2.96. The van der Waals surface area contributed by atoms with Gasteiger partial charge >= 0.3 is 0 Å². The van der Waals surface area contributed by atoms with Crippen LogP contribution in [0.5, 0.6) is 11.5 Å². The molecule has 0 radical (unpaired) electrons. The lowest BCUT2D eigenvalue weighted by Gasteiger charge is -2.38. The van der Waals surface area contributed by atoms with Gasteiger partial charge in [0.05, 0.1) is 28.8 Å². The van der Waals surface area contributed by atoms with Crippen LogP contribution in [0.4, 0.5) is 0 Å². The maximum Gasteiger partial charge on any atom is 0.217 e. The van der Waals surface area contributed by atoms with Crippen molar-refractivity contribution < 1.29 is 9.47 Å². The number of nitrogens with zero attached hydrogens (tertiary/aromatic N) is 2. The highest BCUT2D eigenvalue weighted by Crippen LogP contribution is 2.48. The summed E-state index contributed by atoms with van der Waals surface area (Å²) in [6, 6.07) is 20.8. The second-order valence-electron chi connectivity index (χ2n) is 7.02. The van der Waals surface area contributed by atoms with Gasteiger partial charge in [-0.1, -0.05) is 43.3 Å². The number of para-hydroxylation sites is 2. The highest BCUT2D eigenvalue weighted by atomic mass is 32.1. The Morgan fingerprint density at radius 3 is 2.71 bits per heavy atom. The van der Waals surface area contributed by atoms with Gasteiger partial charge in [-0.2, -0.15) is 5.10 Å². The van der Waals surface area contributed by atoms with Gasteiger partial charge in [0.25, 0.3) is 0 Å². The van der Waals surface area contributed by atoms with Crippen LogP contribution in [-0.4, -0.2) is 17.3 Å². The lowest BCUT2D eigenvalue weighted by atomic mass is 9.97. The summed E-state index contributed by atoms with van der Waals surface area (Å²) in [4.78, 5) is 1.22. The van der Waals surface area contributed by atoms with Crippen LogP contribution in [0.15, 0.2) is 71.1 Å². The lowest BCUT2D eigenvalue weighted by Crippen LogP contribution is -2.34. The predicted molar refractivity (Wildman–Crippen MR) is 112 cm³/mol. The van der Waals surface area contributed by atoms with Crippen molar-refractivity contribution in [3.63, 3.8) is 0 Å². The molecule has 5 heteroatoms. The number of benzene rings is 2. The molecule has 2 atom stereocenters. The first-order valence-corrected chi connectivity index (χ1v) is 10.6. The summed E-state index contributed by atoms with van der Waals surface area (Å²) >= 11 is 1.74. The number of fused-ring (bicyclic) bond motifs is 3. The van der Waals surface area contributed by atoms with Gasteiger partial charge in [0, 0.05) is 12.0 Å². The van der Waals surface area contributed by atoms with E-state index in [0.29, 0.717) is 6.61 Å². The number of rotatable bonds is 5. The monoisotopic (exact) mass is 390 g/mol. The molecule has 0 amide bonds. The minimum absolute atomic E-state index is 0.172. The summed E-state index contributed by atoms with van der Waals surface area (Å²) in [5.74, 6) is 1.80. The molecule has 0 spiro atoms. The molecule has 3 heterocycles. The minimum atomic E-state index is -0.301. The molecule has 28 heavy (non-hydrogen) atoms. The summed E-state index contributed by atoms with van der Waals surface area (Å²) in [6.45, 7) is 2.80. The first kappa shape index (κ1) is 17.3. The van der Waals surface area contributed by atoms with E-state index < -0.39 is 0 Å². The molecular weight excluding hydrogens is 368 g/mol. The Hall–Kier alpha value is -2.79. The smallest absolute Gasteiger partial charge is 0.217 e. The summed E-state index contributed by atoms with van der Waals surface area (Å²) < 4.78 is 12.5. The Morgan fingerprint density at radius 2 is 1.89 bits per heavy atom. The van der Waals surface area contributed by atoms with Crippen molar-refractivity contribution in [1.29, 1.82) is 0 Å². The number of hydrogen-bond donors (Lipinski definition) is 0. The zero-order chi connectivity index (χ0) is 18.9. The Labute approximate surface area is 169 Å². The molecule has 0 unspecified atom stereocenters. The molecule has 4 nitrogen and oxygen atoms in total. The van der Waals surface area contributed by atoms with Crippen LogP contribution in [0.25, 0.3) is 0 Å². The van der Waals surface area contributed by atoms with Gasteiger partial charge < -0.3 is 9.47 Å². The molecule has 0 aliphatic carbocycles. The van der Waals surface area contributed by atoms with Crippen LogP contribution in [-0.2, 0) is 0 Å². The third-order valence-electron chi connectivity index (χ3n) is 5.15. The van der Waals surface area contributed by atoms with E-state index in [4.69, 9.17) is 14.6 Å². The van der Waals surface area contributed by atoms with Gasteiger partial charge in [-0.25, -0.2) is 5.01 Å². The molecule has 0 N–H and O–H groups in total. The molecule has 3 aromatic rings. The standard InChI is InChI=1S/C23H22N2O2S/c1-2-13-26-20-10-5-4-9-17(20)23-25-19(16-8-3-6-11-21(16)27-23)15-18(24-25)22-12-7-14-28-22/h3-12,14,19,23H,2,13,15H2,1H3/t19-,23-/m0/s1. The Balaban J connectivity index is 1.58. The van der Waals surface area contributed by atoms with E-state index in [1.165, 1.54) is 10.4 Å². The van der Waals surface area contributed by atoms with Crippen molar-refractivity contribution in [2.24, 2.45) is 5.10 Å². The van der Waals surface area contributed by atoms with Crippen molar-refractivity contribution in [3.05, 3.63) is 82.0 Å². The van der Waals surface area contributed by atoms with Crippen molar-refractivity contribution in [3.8, 4) is 11.5 Å². The predicted octanol–water partition coefficient (Wildman–Crippen LogP) is 5.78. The molecule has 2 aliphatic heterocycles. The first-order valence-electron chi connectivity index (χ1n) is 9.72. The summed E-state index contributed by atoms with van der Waals surface area (Å²) in [7, 11) is 0. The summed E-state index contributed by atoms with van der Waals surface area (Å²) in [5.41, 5.74) is 3.34.